The summed E-state index contributed by atoms with van der Waals surface area (Å²) in [5.74, 6) is 1.35. The fourth-order valence-corrected chi connectivity index (χ4v) is 1.68. The van der Waals surface area contributed by atoms with Gasteiger partial charge in [0.05, 0.1) is 6.10 Å². The molecule has 1 heteroatoms. The van der Waals surface area contributed by atoms with Gasteiger partial charge in [-0.15, -0.1) is 0 Å². The zero-order valence-corrected chi connectivity index (χ0v) is 4.75. The molecule has 0 unspecified atom stereocenters. The third-order valence-electron chi connectivity index (χ3n) is 2.35. The van der Waals surface area contributed by atoms with Gasteiger partial charge in [0, 0.05) is 0 Å². The molecule has 2 rings (SSSR count). The maximum atomic E-state index is 9.08. The van der Waals surface area contributed by atoms with Crippen LogP contribution in [0.1, 0.15) is 12.8 Å². The average Bonchev–Trinajstić information content (AvgIpc) is 2.09. The van der Waals surface area contributed by atoms with Crippen LogP contribution in [-0.2, 0) is 0 Å². The molecule has 0 heterocycles. The number of allylic oxidation sites excluding steroid dienone is 2. The first-order valence-corrected chi connectivity index (χ1v) is 3.22. The van der Waals surface area contributed by atoms with E-state index in [1.165, 1.54) is 0 Å². The molecule has 3 atom stereocenters. The van der Waals surface area contributed by atoms with E-state index in [0.717, 1.165) is 18.8 Å². The van der Waals surface area contributed by atoms with Gasteiger partial charge in [0.1, 0.15) is 0 Å². The first-order chi connectivity index (χ1) is 3.88. The van der Waals surface area contributed by atoms with Crippen molar-refractivity contribution < 1.29 is 5.11 Å². The molecule has 0 saturated heterocycles. The second-order valence-corrected chi connectivity index (χ2v) is 2.79. The van der Waals surface area contributed by atoms with Gasteiger partial charge in [0.2, 0.25) is 0 Å². The third kappa shape index (κ3) is 0.402. The van der Waals surface area contributed by atoms with Gasteiger partial charge in [-0.05, 0) is 24.7 Å². The Kier molecular flexibility index (Phi) is 0.770. The molecule has 44 valence electrons. The number of fused-ring (bicyclic) bond motifs is 1. The predicted octanol–water partition coefficient (Wildman–Crippen LogP) is 0.943. The average molecular weight is 110 g/mol. The molecule has 2 aliphatic carbocycles. The molecule has 0 aromatic rings. The van der Waals surface area contributed by atoms with Crippen molar-refractivity contribution >= 4 is 0 Å². The third-order valence-corrected chi connectivity index (χ3v) is 2.35. The smallest absolute Gasteiger partial charge is 0.0582 e. The lowest BCUT2D eigenvalue weighted by Gasteiger charge is -2.36. The fourth-order valence-electron chi connectivity index (χ4n) is 1.68. The van der Waals surface area contributed by atoms with E-state index in [-0.39, 0.29) is 6.10 Å². The summed E-state index contributed by atoms with van der Waals surface area (Å²) in [5.41, 5.74) is 0. The summed E-state index contributed by atoms with van der Waals surface area (Å²) in [4.78, 5) is 0. The van der Waals surface area contributed by atoms with Crippen molar-refractivity contribution in [3.05, 3.63) is 12.2 Å². The van der Waals surface area contributed by atoms with Crippen molar-refractivity contribution in [2.75, 3.05) is 0 Å². The molecular formula is C7H10O. The summed E-state index contributed by atoms with van der Waals surface area (Å²) in [5, 5.41) is 9.08. The van der Waals surface area contributed by atoms with E-state index < -0.39 is 0 Å². The Labute approximate surface area is 49.0 Å². The van der Waals surface area contributed by atoms with E-state index in [1.807, 2.05) is 0 Å². The van der Waals surface area contributed by atoms with E-state index >= 15 is 0 Å². The Morgan fingerprint density at radius 3 is 2.88 bits per heavy atom. The Morgan fingerprint density at radius 1 is 1.50 bits per heavy atom. The molecular weight excluding hydrogens is 100 g/mol. The van der Waals surface area contributed by atoms with E-state index in [9.17, 15) is 0 Å². The molecule has 1 saturated carbocycles. The van der Waals surface area contributed by atoms with Crippen molar-refractivity contribution in [1.29, 1.82) is 0 Å². The van der Waals surface area contributed by atoms with Crippen LogP contribution in [0.15, 0.2) is 12.2 Å². The molecule has 0 spiro atoms. The molecule has 0 bridgehead atoms. The minimum absolute atomic E-state index is 0.0231. The maximum absolute atomic E-state index is 9.08. The Balaban J connectivity index is 2.08. The molecule has 8 heavy (non-hydrogen) atoms. The van der Waals surface area contributed by atoms with Crippen molar-refractivity contribution in [1.82, 2.24) is 0 Å². The van der Waals surface area contributed by atoms with E-state index in [4.69, 9.17) is 5.11 Å². The standard InChI is InChI=1S/C7H10O/c8-7-4-5-2-1-3-6(5)7/h1-2,5-8H,3-4H2/t5-,6-,7-/m1/s1. The largest absolute Gasteiger partial charge is 0.393 e. The van der Waals surface area contributed by atoms with Gasteiger partial charge in [-0.1, -0.05) is 12.2 Å². The number of hydrogen-bond acceptors (Lipinski definition) is 1. The molecule has 0 amide bonds. The molecule has 1 nitrogen and oxygen atoms in total. The fraction of sp³-hybridized carbons (Fsp3) is 0.714. The number of aliphatic hydroxyl groups excluding tert-OH is 1. The lowest BCUT2D eigenvalue weighted by Crippen LogP contribution is -2.37. The zero-order chi connectivity index (χ0) is 5.56. The van der Waals surface area contributed by atoms with Crippen molar-refractivity contribution in [2.24, 2.45) is 11.8 Å². The molecule has 1 fully saturated rings. The number of hydrogen-bond donors (Lipinski definition) is 1. The van der Waals surface area contributed by atoms with E-state index in [0.29, 0.717) is 5.92 Å². The van der Waals surface area contributed by atoms with Gasteiger partial charge in [0.15, 0.2) is 0 Å². The van der Waals surface area contributed by atoms with Crippen LogP contribution in [0.2, 0.25) is 0 Å². The first kappa shape index (κ1) is 4.57. The number of rotatable bonds is 0. The van der Waals surface area contributed by atoms with Crippen LogP contribution in [0.25, 0.3) is 0 Å². The van der Waals surface area contributed by atoms with Gasteiger partial charge in [-0.2, -0.15) is 0 Å². The predicted molar refractivity (Wildman–Crippen MR) is 31.4 cm³/mol. The van der Waals surface area contributed by atoms with Crippen molar-refractivity contribution in [3.63, 3.8) is 0 Å². The summed E-state index contributed by atoms with van der Waals surface area (Å²) < 4.78 is 0. The SMILES string of the molecule is O[C@@H]1C[C@H]2C=CC[C@@H]12. The Hall–Kier alpha value is -0.300. The summed E-state index contributed by atoms with van der Waals surface area (Å²) in [6.45, 7) is 0. The van der Waals surface area contributed by atoms with Crippen molar-refractivity contribution in [3.8, 4) is 0 Å². The van der Waals surface area contributed by atoms with Gasteiger partial charge < -0.3 is 5.11 Å². The van der Waals surface area contributed by atoms with Crippen LogP contribution in [0.3, 0.4) is 0 Å². The van der Waals surface area contributed by atoms with Gasteiger partial charge in [-0.3, -0.25) is 0 Å². The molecule has 1 N–H and O–H groups in total. The quantitative estimate of drug-likeness (QED) is 0.460. The van der Waals surface area contributed by atoms with Crippen LogP contribution in [0.5, 0.6) is 0 Å². The minimum Gasteiger partial charge on any atom is -0.393 e. The summed E-state index contributed by atoms with van der Waals surface area (Å²) in [6, 6.07) is 0. The van der Waals surface area contributed by atoms with Gasteiger partial charge >= 0.3 is 0 Å². The molecule has 0 radical (unpaired) electrons. The monoisotopic (exact) mass is 110 g/mol. The Morgan fingerprint density at radius 2 is 2.38 bits per heavy atom. The highest BCUT2D eigenvalue weighted by molar-refractivity contribution is 5.09. The Bertz CT molecular complexity index is 128. The zero-order valence-electron chi connectivity index (χ0n) is 4.75. The molecule has 0 aromatic carbocycles. The summed E-state index contributed by atoms with van der Waals surface area (Å²) >= 11 is 0. The van der Waals surface area contributed by atoms with Gasteiger partial charge in [0.25, 0.3) is 0 Å². The topological polar surface area (TPSA) is 20.2 Å². The van der Waals surface area contributed by atoms with E-state index in [1.54, 1.807) is 0 Å². The maximum Gasteiger partial charge on any atom is 0.0582 e. The molecule has 0 aliphatic heterocycles. The normalized spacial score (nSPS) is 50.9. The minimum atomic E-state index is 0.0231. The van der Waals surface area contributed by atoms with Crippen LogP contribution >= 0.6 is 0 Å². The lowest BCUT2D eigenvalue weighted by molar-refractivity contribution is -0.00322. The second-order valence-electron chi connectivity index (χ2n) is 2.79. The molecule has 2 aliphatic rings. The van der Waals surface area contributed by atoms with E-state index in [2.05, 4.69) is 12.2 Å². The first-order valence-electron chi connectivity index (χ1n) is 3.22. The highest BCUT2D eigenvalue weighted by atomic mass is 16.3. The summed E-state index contributed by atoms with van der Waals surface area (Å²) in [7, 11) is 0. The van der Waals surface area contributed by atoms with Crippen LogP contribution in [0.4, 0.5) is 0 Å². The highest BCUT2D eigenvalue weighted by Gasteiger charge is 2.39. The van der Waals surface area contributed by atoms with Crippen LogP contribution in [0, 0.1) is 11.8 Å². The number of aliphatic hydroxyl groups is 1. The van der Waals surface area contributed by atoms with Crippen LogP contribution < -0.4 is 0 Å². The second kappa shape index (κ2) is 1.35. The van der Waals surface area contributed by atoms with Gasteiger partial charge in [-0.25, -0.2) is 0 Å². The van der Waals surface area contributed by atoms with Crippen LogP contribution in [-0.4, -0.2) is 11.2 Å². The lowest BCUT2D eigenvalue weighted by atomic mass is 9.73. The molecule has 0 aromatic heterocycles. The highest BCUT2D eigenvalue weighted by Crippen LogP contribution is 2.42. The van der Waals surface area contributed by atoms with Crippen molar-refractivity contribution in [2.45, 2.75) is 18.9 Å². The summed E-state index contributed by atoms with van der Waals surface area (Å²) in [6.07, 6.45) is 6.57.